The molecular formula is C16H26N2O2. The maximum absolute atomic E-state index is 12.8. The Morgan fingerprint density at radius 2 is 1.80 bits per heavy atom. The van der Waals surface area contributed by atoms with Crippen LogP contribution >= 0.6 is 0 Å². The molecule has 0 aromatic rings. The van der Waals surface area contributed by atoms with E-state index < -0.39 is 0 Å². The minimum atomic E-state index is -0.238. The monoisotopic (exact) mass is 278 g/mol. The fourth-order valence-electron chi connectivity index (χ4n) is 3.89. The molecule has 3 rings (SSSR count). The normalized spacial score (nSPS) is 32.0. The predicted molar refractivity (Wildman–Crippen MR) is 77.0 cm³/mol. The molecule has 4 nitrogen and oxygen atoms in total. The molecule has 0 spiro atoms. The second-order valence-corrected chi connectivity index (χ2v) is 7.18. The summed E-state index contributed by atoms with van der Waals surface area (Å²) in [5.41, 5.74) is 0. The van der Waals surface area contributed by atoms with Crippen molar-refractivity contribution in [1.29, 1.82) is 0 Å². The van der Waals surface area contributed by atoms with E-state index in [0.717, 1.165) is 31.8 Å². The molecule has 20 heavy (non-hydrogen) atoms. The number of carbonyl (C=O) groups is 2. The van der Waals surface area contributed by atoms with Gasteiger partial charge in [0.1, 0.15) is 12.1 Å². The van der Waals surface area contributed by atoms with Gasteiger partial charge in [0.25, 0.3) is 0 Å². The number of amides is 2. The van der Waals surface area contributed by atoms with Crippen LogP contribution in [0.2, 0.25) is 0 Å². The number of hydrogen-bond donors (Lipinski definition) is 0. The van der Waals surface area contributed by atoms with Crippen molar-refractivity contribution in [1.82, 2.24) is 9.80 Å². The number of nitrogens with zero attached hydrogens (tertiary/aromatic N) is 2. The Labute approximate surface area is 121 Å². The third kappa shape index (κ3) is 2.23. The van der Waals surface area contributed by atoms with Gasteiger partial charge in [0.2, 0.25) is 11.8 Å². The summed E-state index contributed by atoms with van der Waals surface area (Å²) in [7, 11) is 0. The lowest BCUT2D eigenvalue weighted by Crippen LogP contribution is -2.64. The first-order valence-electron chi connectivity index (χ1n) is 8.11. The fraction of sp³-hybridized carbons (Fsp3) is 0.875. The van der Waals surface area contributed by atoms with Crippen molar-refractivity contribution >= 4 is 11.8 Å². The van der Waals surface area contributed by atoms with Crippen LogP contribution in [0.25, 0.3) is 0 Å². The average molecular weight is 278 g/mol. The molecule has 0 aromatic carbocycles. The van der Waals surface area contributed by atoms with E-state index in [4.69, 9.17) is 0 Å². The molecule has 0 N–H and O–H groups in total. The molecular weight excluding hydrogens is 252 g/mol. The summed E-state index contributed by atoms with van der Waals surface area (Å²) >= 11 is 0. The first-order valence-corrected chi connectivity index (χ1v) is 8.11. The van der Waals surface area contributed by atoms with Crippen LogP contribution in [0.15, 0.2) is 0 Å². The van der Waals surface area contributed by atoms with E-state index in [1.807, 2.05) is 9.80 Å². The zero-order valence-corrected chi connectivity index (χ0v) is 12.8. The lowest BCUT2D eigenvalue weighted by atomic mass is 9.93. The van der Waals surface area contributed by atoms with E-state index in [1.165, 1.54) is 12.8 Å². The summed E-state index contributed by atoms with van der Waals surface area (Å²) in [4.78, 5) is 29.2. The highest BCUT2D eigenvalue weighted by molar-refractivity contribution is 5.97. The van der Waals surface area contributed by atoms with Gasteiger partial charge in [-0.15, -0.1) is 0 Å². The van der Waals surface area contributed by atoms with Crippen molar-refractivity contribution < 1.29 is 9.59 Å². The molecule has 112 valence electrons. The van der Waals surface area contributed by atoms with Crippen molar-refractivity contribution in [3.63, 3.8) is 0 Å². The van der Waals surface area contributed by atoms with Crippen LogP contribution in [0.4, 0.5) is 0 Å². The molecule has 0 radical (unpaired) electrons. The van der Waals surface area contributed by atoms with Crippen LogP contribution in [0.3, 0.4) is 0 Å². The summed E-state index contributed by atoms with van der Waals surface area (Å²) in [5.74, 6) is 1.88. The molecule has 4 heteroatoms. The van der Waals surface area contributed by atoms with E-state index in [9.17, 15) is 9.59 Å². The third-order valence-corrected chi connectivity index (χ3v) is 5.24. The minimum Gasteiger partial charge on any atom is -0.329 e. The number of piperazine rings is 1. The van der Waals surface area contributed by atoms with Gasteiger partial charge in [-0.1, -0.05) is 20.8 Å². The highest BCUT2D eigenvalue weighted by atomic mass is 16.2. The van der Waals surface area contributed by atoms with Crippen LogP contribution < -0.4 is 0 Å². The zero-order chi connectivity index (χ0) is 14.4. The maximum atomic E-state index is 12.8. The van der Waals surface area contributed by atoms with Crippen molar-refractivity contribution in [2.24, 2.45) is 17.8 Å². The molecule has 3 aliphatic rings. The molecule has 0 aromatic heterocycles. The lowest BCUT2D eigenvalue weighted by Gasteiger charge is -2.45. The zero-order valence-electron chi connectivity index (χ0n) is 12.8. The molecule has 3 fully saturated rings. The summed E-state index contributed by atoms with van der Waals surface area (Å²) in [6.07, 6.45) is 4.40. The molecule has 2 heterocycles. The fourth-order valence-corrected chi connectivity index (χ4v) is 3.89. The van der Waals surface area contributed by atoms with E-state index in [1.54, 1.807) is 0 Å². The smallest absolute Gasteiger partial charge is 0.246 e. The SMILES string of the molecule is CC(C)C1C(=O)N2CCCC2C(=O)N1CC(C)C1CC1. The van der Waals surface area contributed by atoms with Gasteiger partial charge in [0, 0.05) is 13.1 Å². The third-order valence-electron chi connectivity index (χ3n) is 5.24. The van der Waals surface area contributed by atoms with Gasteiger partial charge in [0.05, 0.1) is 0 Å². The van der Waals surface area contributed by atoms with Gasteiger partial charge < -0.3 is 9.80 Å². The molecule has 2 amide bonds. The molecule has 3 unspecified atom stereocenters. The van der Waals surface area contributed by atoms with E-state index in [2.05, 4.69) is 20.8 Å². The summed E-state index contributed by atoms with van der Waals surface area (Å²) < 4.78 is 0. The second kappa shape index (κ2) is 5.05. The van der Waals surface area contributed by atoms with E-state index in [0.29, 0.717) is 5.92 Å². The van der Waals surface area contributed by atoms with Crippen molar-refractivity contribution in [3.8, 4) is 0 Å². The molecule has 2 saturated heterocycles. The average Bonchev–Trinajstić information content (AvgIpc) is 3.12. The standard InChI is InChI=1S/C16H26N2O2/c1-10(2)14-16(20)17-8-4-5-13(17)15(19)18(14)9-11(3)12-6-7-12/h10-14H,4-9H2,1-3H3. The molecule has 0 bridgehead atoms. The van der Waals surface area contributed by atoms with Crippen LogP contribution in [0.1, 0.15) is 46.5 Å². The molecule has 1 saturated carbocycles. The minimum absolute atomic E-state index is 0.163. The summed E-state index contributed by atoms with van der Waals surface area (Å²) in [6, 6.07) is -0.401. The summed E-state index contributed by atoms with van der Waals surface area (Å²) in [6.45, 7) is 7.88. The Hall–Kier alpha value is -1.06. The Kier molecular flexibility index (Phi) is 3.51. The molecule has 3 atom stereocenters. The van der Waals surface area contributed by atoms with Crippen molar-refractivity contribution in [3.05, 3.63) is 0 Å². The van der Waals surface area contributed by atoms with E-state index in [-0.39, 0.29) is 29.8 Å². The quantitative estimate of drug-likeness (QED) is 0.788. The largest absolute Gasteiger partial charge is 0.329 e. The number of rotatable bonds is 4. The van der Waals surface area contributed by atoms with Gasteiger partial charge >= 0.3 is 0 Å². The topological polar surface area (TPSA) is 40.6 Å². The second-order valence-electron chi connectivity index (χ2n) is 7.18. The van der Waals surface area contributed by atoms with E-state index >= 15 is 0 Å². The van der Waals surface area contributed by atoms with Gasteiger partial charge in [-0.05, 0) is 43.4 Å². The highest BCUT2D eigenvalue weighted by Crippen LogP contribution is 2.38. The summed E-state index contributed by atoms with van der Waals surface area (Å²) in [5, 5.41) is 0. The Bertz CT molecular complexity index is 417. The number of hydrogen-bond acceptors (Lipinski definition) is 2. The Balaban J connectivity index is 1.82. The first-order chi connectivity index (χ1) is 9.50. The number of fused-ring (bicyclic) bond motifs is 1. The van der Waals surface area contributed by atoms with Gasteiger partial charge in [-0.3, -0.25) is 9.59 Å². The predicted octanol–water partition coefficient (Wildman–Crippen LogP) is 1.89. The van der Waals surface area contributed by atoms with Crippen LogP contribution in [0.5, 0.6) is 0 Å². The van der Waals surface area contributed by atoms with Crippen molar-refractivity contribution in [2.45, 2.75) is 58.5 Å². The van der Waals surface area contributed by atoms with Gasteiger partial charge in [-0.25, -0.2) is 0 Å². The van der Waals surface area contributed by atoms with Crippen LogP contribution in [0, 0.1) is 17.8 Å². The Morgan fingerprint density at radius 1 is 1.10 bits per heavy atom. The highest BCUT2D eigenvalue weighted by Gasteiger charge is 2.49. The molecule has 1 aliphatic carbocycles. The van der Waals surface area contributed by atoms with Gasteiger partial charge in [-0.2, -0.15) is 0 Å². The Morgan fingerprint density at radius 3 is 2.40 bits per heavy atom. The maximum Gasteiger partial charge on any atom is 0.246 e. The molecule has 2 aliphatic heterocycles. The van der Waals surface area contributed by atoms with Gasteiger partial charge in [0.15, 0.2) is 0 Å². The lowest BCUT2D eigenvalue weighted by molar-refractivity contribution is -0.162. The number of carbonyl (C=O) groups excluding carboxylic acids is 2. The van der Waals surface area contributed by atoms with Crippen LogP contribution in [-0.2, 0) is 9.59 Å². The first kappa shape index (κ1) is 13.9. The van der Waals surface area contributed by atoms with Crippen molar-refractivity contribution in [2.75, 3.05) is 13.1 Å². The van der Waals surface area contributed by atoms with Crippen LogP contribution in [-0.4, -0.2) is 46.8 Å².